The van der Waals surface area contributed by atoms with Crippen molar-refractivity contribution in [2.75, 3.05) is 26.7 Å². The van der Waals surface area contributed by atoms with Crippen LogP contribution >= 0.6 is 35.3 Å². The SMILES string of the molecule is CCC1CCCCN1CCNC(=NC)NCc1cnc(C)s1.I. The minimum atomic E-state index is 0. The second-order valence-corrected chi connectivity index (χ2v) is 7.11. The highest BCUT2D eigenvalue weighted by atomic mass is 127. The second kappa shape index (κ2) is 11.2. The van der Waals surface area contributed by atoms with Gasteiger partial charge in [-0.2, -0.15) is 0 Å². The molecule has 23 heavy (non-hydrogen) atoms. The fourth-order valence-electron chi connectivity index (χ4n) is 3.01. The molecule has 7 heteroatoms. The molecular formula is C16H30IN5S. The van der Waals surface area contributed by atoms with Gasteiger partial charge in [-0.05, 0) is 32.7 Å². The number of hydrogen-bond acceptors (Lipinski definition) is 4. The molecule has 5 nitrogen and oxygen atoms in total. The van der Waals surface area contributed by atoms with Crippen molar-refractivity contribution >= 4 is 41.3 Å². The maximum atomic E-state index is 4.29. The molecule has 132 valence electrons. The number of nitrogens with one attached hydrogen (secondary N) is 2. The van der Waals surface area contributed by atoms with Gasteiger partial charge in [-0.25, -0.2) is 4.98 Å². The first kappa shape index (κ1) is 20.6. The van der Waals surface area contributed by atoms with Gasteiger partial charge in [0, 0.05) is 37.3 Å². The number of thiazole rings is 1. The second-order valence-electron chi connectivity index (χ2n) is 5.79. The summed E-state index contributed by atoms with van der Waals surface area (Å²) in [6, 6.07) is 0.769. The monoisotopic (exact) mass is 451 g/mol. The van der Waals surface area contributed by atoms with Crippen LogP contribution in [0.1, 0.15) is 42.5 Å². The first-order chi connectivity index (χ1) is 10.7. The van der Waals surface area contributed by atoms with Crippen molar-refractivity contribution in [2.45, 2.75) is 52.1 Å². The van der Waals surface area contributed by atoms with E-state index in [1.807, 2.05) is 20.2 Å². The summed E-state index contributed by atoms with van der Waals surface area (Å²) in [4.78, 5) is 12.4. The standard InChI is InChI=1S/C16H29N5S.HI/c1-4-14-7-5-6-9-21(14)10-8-18-16(17-3)20-12-15-11-19-13(2)22-15;/h11,14H,4-10,12H2,1-3H3,(H2,17,18,20);1H. The Hall–Kier alpha value is -0.410. The van der Waals surface area contributed by atoms with Gasteiger partial charge in [0.1, 0.15) is 0 Å². The molecule has 0 amide bonds. The summed E-state index contributed by atoms with van der Waals surface area (Å²) in [6.45, 7) is 8.40. The highest BCUT2D eigenvalue weighted by Crippen LogP contribution is 2.18. The predicted molar refractivity (Wildman–Crippen MR) is 110 cm³/mol. The molecule has 1 fully saturated rings. The number of rotatable bonds is 6. The van der Waals surface area contributed by atoms with Crippen molar-refractivity contribution in [3.05, 3.63) is 16.1 Å². The normalized spacial score (nSPS) is 19.3. The van der Waals surface area contributed by atoms with E-state index in [-0.39, 0.29) is 24.0 Å². The summed E-state index contributed by atoms with van der Waals surface area (Å²) >= 11 is 1.73. The number of halogens is 1. The summed E-state index contributed by atoms with van der Waals surface area (Å²) < 4.78 is 0. The molecule has 1 aromatic heterocycles. The number of nitrogens with zero attached hydrogens (tertiary/aromatic N) is 3. The summed E-state index contributed by atoms with van der Waals surface area (Å²) in [7, 11) is 1.82. The fraction of sp³-hybridized carbons (Fsp3) is 0.750. The van der Waals surface area contributed by atoms with Gasteiger partial charge in [-0.1, -0.05) is 13.3 Å². The van der Waals surface area contributed by atoms with Crippen molar-refractivity contribution < 1.29 is 0 Å². The molecule has 0 saturated carbocycles. The molecule has 1 saturated heterocycles. The Morgan fingerprint density at radius 3 is 2.91 bits per heavy atom. The Morgan fingerprint density at radius 1 is 1.43 bits per heavy atom. The Bertz CT molecular complexity index is 477. The molecule has 0 aliphatic carbocycles. The van der Waals surface area contributed by atoms with E-state index >= 15 is 0 Å². The molecule has 1 aromatic rings. The van der Waals surface area contributed by atoms with Crippen molar-refractivity contribution in [3.8, 4) is 0 Å². The zero-order valence-electron chi connectivity index (χ0n) is 14.5. The Morgan fingerprint density at radius 2 is 2.26 bits per heavy atom. The van der Waals surface area contributed by atoms with Crippen LogP contribution in [0.25, 0.3) is 0 Å². The zero-order valence-corrected chi connectivity index (χ0v) is 17.6. The van der Waals surface area contributed by atoms with Gasteiger partial charge in [-0.15, -0.1) is 35.3 Å². The van der Waals surface area contributed by atoms with E-state index in [1.54, 1.807) is 11.3 Å². The highest BCUT2D eigenvalue weighted by molar-refractivity contribution is 14.0. The van der Waals surface area contributed by atoms with Gasteiger partial charge >= 0.3 is 0 Å². The van der Waals surface area contributed by atoms with Crippen molar-refractivity contribution in [3.63, 3.8) is 0 Å². The predicted octanol–water partition coefficient (Wildman–Crippen LogP) is 3.00. The molecule has 1 unspecified atom stereocenters. The molecule has 2 rings (SSSR count). The van der Waals surface area contributed by atoms with Crippen LogP contribution in [-0.2, 0) is 6.54 Å². The minimum Gasteiger partial charge on any atom is -0.355 e. The van der Waals surface area contributed by atoms with Crippen LogP contribution in [0, 0.1) is 6.92 Å². The first-order valence-electron chi connectivity index (χ1n) is 8.32. The molecule has 2 heterocycles. The third-order valence-corrected chi connectivity index (χ3v) is 5.15. The summed E-state index contributed by atoms with van der Waals surface area (Å²) in [5.74, 6) is 0.871. The first-order valence-corrected chi connectivity index (χ1v) is 9.14. The van der Waals surface area contributed by atoms with Crippen molar-refractivity contribution in [1.82, 2.24) is 20.5 Å². The van der Waals surface area contributed by atoms with Crippen LogP contribution in [0.15, 0.2) is 11.2 Å². The lowest BCUT2D eigenvalue weighted by atomic mass is 10.0. The van der Waals surface area contributed by atoms with Crippen LogP contribution in [0.5, 0.6) is 0 Å². The van der Waals surface area contributed by atoms with E-state index in [9.17, 15) is 0 Å². The van der Waals surface area contributed by atoms with Crippen molar-refractivity contribution in [2.24, 2.45) is 4.99 Å². The Labute approximate surface area is 161 Å². The number of guanidine groups is 1. The van der Waals surface area contributed by atoms with E-state index in [4.69, 9.17) is 0 Å². The lowest BCUT2D eigenvalue weighted by molar-refractivity contribution is 0.147. The topological polar surface area (TPSA) is 52.5 Å². The lowest BCUT2D eigenvalue weighted by Gasteiger charge is -2.35. The fourth-order valence-corrected chi connectivity index (χ4v) is 3.75. The van der Waals surface area contributed by atoms with E-state index < -0.39 is 0 Å². The zero-order chi connectivity index (χ0) is 15.8. The van der Waals surface area contributed by atoms with Gasteiger partial charge in [0.25, 0.3) is 0 Å². The van der Waals surface area contributed by atoms with Gasteiger partial charge in [0.2, 0.25) is 0 Å². The number of hydrogen-bond donors (Lipinski definition) is 2. The number of aliphatic imine (C=N–C) groups is 1. The van der Waals surface area contributed by atoms with E-state index in [0.717, 1.165) is 36.6 Å². The summed E-state index contributed by atoms with van der Waals surface area (Å²) in [5, 5.41) is 7.88. The molecule has 0 bridgehead atoms. The van der Waals surface area contributed by atoms with Gasteiger partial charge in [0.15, 0.2) is 5.96 Å². The maximum absolute atomic E-state index is 4.29. The average molecular weight is 451 g/mol. The largest absolute Gasteiger partial charge is 0.355 e. The lowest BCUT2D eigenvalue weighted by Crippen LogP contribution is -2.45. The molecular weight excluding hydrogens is 421 g/mol. The molecule has 2 N–H and O–H groups in total. The molecule has 1 atom stereocenters. The smallest absolute Gasteiger partial charge is 0.191 e. The van der Waals surface area contributed by atoms with Gasteiger partial charge in [0.05, 0.1) is 11.6 Å². The molecule has 0 aromatic carbocycles. The summed E-state index contributed by atoms with van der Waals surface area (Å²) in [6.07, 6.45) is 7.28. The quantitative estimate of drug-likeness (QED) is 0.397. The Kier molecular flexibility index (Phi) is 10.0. The van der Waals surface area contributed by atoms with E-state index in [2.05, 4.69) is 32.4 Å². The van der Waals surface area contributed by atoms with Gasteiger partial charge < -0.3 is 10.6 Å². The third-order valence-electron chi connectivity index (χ3n) is 4.23. The Balaban J connectivity index is 0.00000264. The molecule has 0 radical (unpaired) electrons. The number of aryl methyl sites for hydroxylation is 1. The van der Waals surface area contributed by atoms with Crippen molar-refractivity contribution in [1.29, 1.82) is 0 Å². The van der Waals surface area contributed by atoms with Crippen LogP contribution < -0.4 is 10.6 Å². The van der Waals surface area contributed by atoms with Crippen LogP contribution in [0.4, 0.5) is 0 Å². The number of likely N-dealkylation sites (tertiary alicyclic amines) is 1. The minimum absolute atomic E-state index is 0. The van der Waals surface area contributed by atoms with E-state index in [0.29, 0.717) is 0 Å². The van der Waals surface area contributed by atoms with Crippen LogP contribution in [-0.4, -0.2) is 48.6 Å². The summed E-state index contributed by atoms with van der Waals surface area (Å²) in [5.41, 5.74) is 0. The van der Waals surface area contributed by atoms with Crippen LogP contribution in [0.3, 0.4) is 0 Å². The average Bonchev–Trinajstić information content (AvgIpc) is 2.96. The van der Waals surface area contributed by atoms with E-state index in [1.165, 1.54) is 37.1 Å². The number of aromatic nitrogens is 1. The van der Waals surface area contributed by atoms with Crippen LogP contribution in [0.2, 0.25) is 0 Å². The molecule has 1 aliphatic heterocycles. The van der Waals surface area contributed by atoms with Gasteiger partial charge in [-0.3, -0.25) is 9.89 Å². The third kappa shape index (κ3) is 6.93. The maximum Gasteiger partial charge on any atom is 0.191 e. The molecule has 0 spiro atoms. The molecule has 1 aliphatic rings. The highest BCUT2D eigenvalue weighted by Gasteiger charge is 2.19. The number of piperidine rings is 1.